The maximum Gasteiger partial charge on any atom is 0.246 e. The summed E-state index contributed by atoms with van der Waals surface area (Å²) >= 11 is 0. The lowest BCUT2D eigenvalue weighted by Gasteiger charge is -2.34. The van der Waals surface area contributed by atoms with Gasteiger partial charge in [-0.2, -0.15) is 0 Å². The van der Waals surface area contributed by atoms with E-state index in [9.17, 15) is 9.59 Å². The molecule has 1 aliphatic rings. The van der Waals surface area contributed by atoms with Gasteiger partial charge >= 0.3 is 0 Å². The maximum absolute atomic E-state index is 12.5. The minimum Gasteiger partial charge on any atom is -0.339 e. The summed E-state index contributed by atoms with van der Waals surface area (Å²) in [6.07, 6.45) is 4.05. The van der Waals surface area contributed by atoms with E-state index in [1.54, 1.807) is 6.08 Å². The Morgan fingerprint density at radius 1 is 0.857 bits per heavy atom. The van der Waals surface area contributed by atoms with E-state index < -0.39 is 0 Å². The first-order valence-corrected chi connectivity index (χ1v) is 9.98. The van der Waals surface area contributed by atoms with Gasteiger partial charge in [0.2, 0.25) is 11.8 Å². The Morgan fingerprint density at radius 2 is 1.43 bits per heavy atom. The number of carbonyl (C=O) groups excluding carboxylic acids is 2. The summed E-state index contributed by atoms with van der Waals surface area (Å²) in [5.74, 6) is 0.219. The van der Waals surface area contributed by atoms with Crippen LogP contribution in [-0.2, 0) is 16.0 Å². The number of aryl methyl sites for hydroxylation is 1. The Morgan fingerprint density at radius 3 is 2.07 bits per heavy atom. The average molecular weight is 377 g/mol. The van der Waals surface area contributed by atoms with E-state index in [1.807, 2.05) is 65.3 Å². The van der Waals surface area contributed by atoms with Gasteiger partial charge in [-0.1, -0.05) is 60.7 Å². The summed E-state index contributed by atoms with van der Waals surface area (Å²) in [5.41, 5.74) is 3.29. The van der Waals surface area contributed by atoms with Crippen molar-refractivity contribution in [1.29, 1.82) is 0 Å². The topological polar surface area (TPSA) is 40.6 Å². The molecule has 0 aromatic heterocycles. The Balaban J connectivity index is 1.43. The van der Waals surface area contributed by atoms with Crippen LogP contribution in [0.3, 0.4) is 0 Å². The maximum atomic E-state index is 12.5. The second-order valence-electron chi connectivity index (χ2n) is 7.24. The molecule has 1 aliphatic heterocycles. The molecule has 1 saturated heterocycles. The molecule has 0 atom stereocenters. The Bertz CT molecular complexity index is 807. The van der Waals surface area contributed by atoms with Gasteiger partial charge in [-0.25, -0.2) is 0 Å². The van der Waals surface area contributed by atoms with Crippen molar-refractivity contribution >= 4 is 17.4 Å². The third-order valence-corrected chi connectivity index (χ3v) is 5.21. The van der Waals surface area contributed by atoms with Crippen molar-refractivity contribution in [2.75, 3.05) is 26.2 Å². The van der Waals surface area contributed by atoms with Crippen molar-refractivity contribution in [2.45, 2.75) is 26.2 Å². The molecular weight excluding hydrogens is 348 g/mol. The van der Waals surface area contributed by atoms with Crippen LogP contribution in [0.5, 0.6) is 0 Å². The minimum atomic E-state index is 0.0255. The molecule has 0 radical (unpaired) electrons. The van der Waals surface area contributed by atoms with E-state index in [0.29, 0.717) is 32.6 Å². The molecule has 0 saturated carbocycles. The lowest BCUT2D eigenvalue weighted by Crippen LogP contribution is -2.50. The molecule has 0 unspecified atom stereocenters. The van der Waals surface area contributed by atoms with Crippen LogP contribution in [0.2, 0.25) is 0 Å². The van der Waals surface area contributed by atoms with Crippen LogP contribution in [-0.4, -0.2) is 47.8 Å². The molecular formula is C24H28N2O2. The predicted molar refractivity (Wildman–Crippen MR) is 113 cm³/mol. The number of benzene rings is 2. The zero-order chi connectivity index (χ0) is 19.8. The molecule has 4 nitrogen and oxygen atoms in total. The van der Waals surface area contributed by atoms with Crippen molar-refractivity contribution in [2.24, 2.45) is 0 Å². The van der Waals surface area contributed by atoms with Gasteiger partial charge in [-0.3, -0.25) is 9.59 Å². The number of piperazine rings is 1. The molecule has 2 aromatic rings. The molecule has 28 heavy (non-hydrogen) atoms. The second-order valence-corrected chi connectivity index (χ2v) is 7.24. The lowest BCUT2D eigenvalue weighted by molar-refractivity contribution is -0.137. The van der Waals surface area contributed by atoms with Gasteiger partial charge in [0.25, 0.3) is 0 Å². The van der Waals surface area contributed by atoms with Gasteiger partial charge in [-0.05, 0) is 36.5 Å². The van der Waals surface area contributed by atoms with Crippen LogP contribution in [0.15, 0.2) is 66.7 Å². The highest BCUT2D eigenvalue weighted by Crippen LogP contribution is 2.14. The zero-order valence-corrected chi connectivity index (χ0v) is 16.5. The fourth-order valence-electron chi connectivity index (χ4n) is 3.48. The molecule has 2 amide bonds. The van der Waals surface area contributed by atoms with Crippen LogP contribution in [0.1, 0.15) is 30.9 Å². The fourth-order valence-corrected chi connectivity index (χ4v) is 3.48. The van der Waals surface area contributed by atoms with Gasteiger partial charge in [-0.15, -0.1) is 0 Å². The third-order valence-electron chi connectivity index (χ3n) is 5.21. The Hall–Kier alpha value is -2.88. The largest absolute Gasteiger partial charge is 0.339 e. The number of amides is 2. The highest BCUT2D eigenvalue weighted by atomic mass is 16.2. The van der Waals surface area contributed by atoms with E-state index >= 15 is 0 Å². The summed E-state index contributed by atoms with van der Waals surface area (Å²) in [7, 11) is 0. The number of rotatable bonds is 6. The molecule has 2 aromatic carbocycles. The van der Waals surface area contributed by atoms with E-state index in [4.69, 9.17) is 0 Å². The van der Waals surface area contributed by atoms with Gasteiger partial charge < -0.3 is 9.80 Å². The smallest absolute Gasteiger partial charge is 0.246 e. The van der Waals surface area contributed by atoms with Gasteiger partial charge in [0, 0.05) is 38.7 Å². The highest BCUT2D eigenvalue weighted by molar-refractivity contribution is 5.95. The quantitative estimate of drug-likeness (QED) is 0.720. The van der Waals surface area contributed by atoms with E-state index in [-0.39, 0.29) is 11.8 Å². The van der Waals surface area contributed by atoms with Crippen molar-refractivity contribution in [3.8, 4) is 0 Å². The fraction of sp³-hybridized carbons (Fsp3) is 0.333. The van der Waals surface area contributed by atoms with Crippen molar-refractivity contribution in [3.63, 3.8) is 0 Å². The Kier molecular flexibility index (Phi) is 7.01. The summed E-state index contributed by atoms with van der Waals surface area (Å²) in [6, 6.07) is 20.2. The van der Waals surface area contributed by atoms with Crippen molar-refractivity contribution in [1.82, 2.24) is 9.80 Å². The zero-order valence-electron chi connectivity index (χ0n) is 16.5. The van der Waals surface area contributed by atoms with Gasteiger partial charge in [0.15, 0.2) is 0 Å². The molecule has 4 heteroatoms. The molecule has 3 rings (SSSR count). The van der Waals surface area contributed by atoms with Gasteiger partial charge in [0.05, 0.1) is 0 Å². The van der Waals surface area contributed by atoms with Gasteiger partial charge in [0.1, 0.15) is 0 Å². The second kappa shape index (κ2) is 9.88. The summed E-state index contributed by atoms with van der Waals surface area (Å²) < 4.78 is 0. The van der Waals surface area contributed by atoms with Crippen LogP contribution in [0.25, 0.3) is 5.57 Å². The first-order chi connectivity index (χ1) is 13.6. The summed E-state index contributed by atoms with van der Waals surface area (Å²) in [4.78, 5) is 28.7. The summed E-state index contributed by atoms with van der Waals surface area (Å²) in [5, 5.41) is 0. The molecule has 1 heterocycles. The third kappa shape index (κ3) is 5.56. The first-order valence-electron chi connectivity index (χ1n) is 9.98. The van der Waals surface area contributed by atoms with Crippen LogP contribution in [0, 0.1) is 0 Å². The number of carbonyl (C=O) groups is 2. The molecule has 1 fully saturated rings. The summed E-state index contributed by atoms with van der Waals surface area (Å²) in [6.45, 7) is 4.39. The minimum absolute atomic E-state index is 0.0255. The van der Waals surface area contributed by atoms with E-state index in [1.165, 1.54) is 5.56 Å². The standard InChI is InChI=1S/C24H28N2O2/c1-20(22-12-6-3-7-13-22)19-24(28)26-17-15-25(16-18-26)23(27)14-8-11-21-9-4-2-5-10-21/h2-7,9-10,12-13,19H,8,11,14-18H2,1H3/b20-19+. The molecule has 0 spiro atoms. The van der Waals surface area contributed by atoms with E-state index in [0.717, 1.165) is 24.0 Å². The van der Waals surface area contributed by atoms with Crippen LogP contribution >= 0.6 is 0 Å². The number of allylic oxidation sites excluding steroid dienone is 1. The van der Waals surface area contributed by atoms with E-state index in [2.05, 4.69) is 12.1 Å². The lowest BCUT2D eigenvalue weighted by atomic mass is 10.1. The number of hydrogen-bond acceptors (Lipinski definition) is 2. The Labute approximate surface area is 167 Å². The first kappa shape index (κ1) is 19.9. The molecule has 0 bridgehead atoms. The van der Waals surface area contributed by atoms with Crippen molar-refractivity contribution < 1.29 is 9.59 Å². The highest BCUT2D eigenvalue weighted by Gasteiger charge is 2.23. The number of nitrogens with zero attached hydrogens (tertiary/aromatic N) is 2. The normalized spacial score (nSPS) is 14.8. The molecule has 146 valence electrons. The van der Waals surface area contributed by atoms with Crippen LogP contribution < -0.4 is 0 Å². The SMILES string of the molecule is C/C(=C\C(=O)N1CCN(C(=O)CCCc2ccccc2)CC1)c1ccccc1. The number of hydrogen-bond donors (Lipinski definition) is 0. The molecule has 0 aliphatic carbocycles. The molecule has 0 N–H and O–H groups in total. The predicted octanol–water partition coefficient (Wildman–Crippen LogP) is 3.78. The monoisotopic (exact) mass is 376 g/mol. The average Bonchev–Trinajstić information content (AvgIpc) is 2.75. The van der Waals surface area contributed by atoms with Crippen molar-refractivity contribution in [3.05, 3.63) is 77.9 Å². The van der Waals surface area contributed by atoms with Crippen LogP contribution in [0.4, 0.5) is 0 Å².